The summed E-state index contributed by atoms with van der Waals surface area (Å²) in [6.45, 7) is 1.90. The quantitative estimate of drug-likeness (QED) is 0.750. The predicted octanol–water partition coefficient (Wildman–Crippen LogP) is 4.41. The van der Waals surface area contributed by atoms with Crippen LogP contribution in [0.1, 0.15) is 35.2 Å². The molecule has 1 atom stereocenters. The summed E-state index contributed by atoms with van der Waals surface area (Å²) in [4.78, 5) is 15.9. The summed E-state index contributed by atoms with van der Waals surface area (Å²) < 4.78 is 44.9. The van der Waals surface area contributed by atoms with Crippen LogP contribution in [-0.4, -0.2) is 30.3 Å². The molecule has 0 saturated heterocycles. The number of hydrogen-bond acceptors (Lipinski definition) is 4. The molecule has 1 N–H and O–H groups in total. The molecule has 1 aromatic carbocycles. The molecule has 25 heavy (non-hydrogen) atoms. The Bertz CT molecular complexity index is 690. The van der Waals surface area contributed by atoms with Crippen LogP contribution in [-0.2, 0) is 4.74 Å². The number of anilines is 1. The van der Waals surface area contributed by atoms with Gasteiger partial charge in [0.1, 0.15) is 11.4 Å². The number of nitrogens with one attached hydrogen (secondary N) is 1. The summed E-state index contributed by atoms with van der Waals surface area (Å²) in [6.07, 6.45) is -3.06. The summed E-state index contributed by atoms with van der Waals surface area (Å²) in [5.41, 5.74) is 0.413. The second-order valence-corrected chi connectivity index (χ2v) is 5.34. The first-order chi connectivity index (χ1) is 11.9. The van der Waals surface area contributed by atoms with Gasteiger partial charge in [-0.25, -0.2) is 9.78 Å². The summed E-state index contributed by atoms with van der Waals surface area (Å²) in [5, 5.41) is 2.81. The number of alkyl halides is 3. The lowest BCUT2D eigenvalue weighted by atomic mass is 9.95. The van der Waals surface area contributed by atoms with Gasteiger partial charge in [-0.3, -0.25) is 0 Å². The van der Waals surface area contributed by atoms with Crippen LogP contribution in [0.5, 0.6) is 0 Å². The van der Waals surface area contributed by atoms with E-state index in [9.17, 15) is 18.0 Å². The Labute approximate surface area is 144 Å². The van der Waals surface area contributed by atoms with Gasteiger partial charge in [-0.2, -0.15) is 13.2 Å². The zero-order chi connectivity index (χ0) is 18.3. The van der Waals surface area contributed by atoms with E-state index in [0.717, 1.165) is 0 Å². The SMILES string of the molecule is CCOC(=O)c1cccnc1NCC[C@@H](c1ccccc1)C(F)(F)F. The van der Waals surface area contributed by atoms with Crippen LogP contribution in [0.4, 0.5) is 19.0 Å². The van der Waals surface area contributed by atoms with Gasteiger partial charge in [0.15, 0.2) is 0 Å². The lowest BCUT2D eigenvalue weighted by Gasteiger charge is -2.21. The standard InChI is InChI=1S/C18H19F3N2O2/c1-2-25-17(24)14-9-6-11-22-16(14)23-12-10-15(18(19,20)21)13-7-4-3-5-8-13/h3-9,11,15H,2,10,12H2,1H3,(H,22,23)/t15-/m0/s1. The molecule has 1 heterocycles. The minimum atomic E-state index is -4.35. The fraction of sp³-hybridized carbons (Fsp3) is 0.333. The van der Waals surface area contributed by atoms with Crippen molar-refractivity contribution in [3.63, 3.8) is 0 Å². The van der Waals surface area contributed by atoms with Crippen LogP contribution in [0, 0.1) is 0 Å². The molecule has 7 heteroatoms. The molecule has 0 aliphatic heterocycles. The molecule has 0 aliphatic carbocycles. The maximum Gasteiger partial charge on any atom is 0.395 e. The van der Waals surface area contributed by atoms with Gasteiger partial charge in [0, 0.05) is 12.7 Å². The summed E-state index contributed by atoms with van der Waals surface area (Å²) in [6, 6.07) is 10.9. The zero-order valence-corrected chi connectivity index (χ0v) is 13.7. The average molecular weight is 352 g/mol. The molecule has 0 spiro atoms. The molecule has 0 unspecified atom stereocenters. The van der Waals surface area contributed by atoms with Crippen molar-refractivity contribution in [2.45, 2.75) is 25.4 Å². The number of halogens is 3. The Hall–Kier alpha value is -2.57. The minimum absolute atomic E-state index is 0.0164. The maximum absolute atomic E-state index is 13.3. The monoisotopic (exact) mass is 352 g/mol. The van der Waals surface area contributed by atoms with Gasteiger partial charge < -0.3 is 10.1 Å². The van der Waals surface area contributed by atoms with Gasteiger partial charge in [0.05, 0.1) is 12.5 Å². The fourth-order valence-corrected chi connectivity index (χ4v) is 2.46. The Kier molecular flexibility index (Phi) is 6.38. The molecule has 0 fully saturated rings. The van der Waals surface area contributed by atoms with Crippen molar-refractivity contribution in [3.05, 3.63) is 59.8 Å². The molecular formula is C18H19F3N2O2. The van der Waals surface area contributed by atoms with Crippen molar-refractivity contribution < 1.29 is 22.7 Å². The van der Waals surface area contributed by atoms with Gasteiger partial charge >= 0.3 is 12.1 Å². The molecule has 2 rings (SSSR count). The van der Waals surface area contributed by atoms with Crippen molar-refractivity contribution in [2.24, 2.45) is 0 Å². The summed E-state index contributed by atoms with van der Waals surface area (Å²) >= 11 is 0. The number of esters is 1. The largest absolute Gasteiger partial charge is 0.462 e. The average Bonchev–Trinajstić information content (AvgIpc) is 2.59. The first kappa shape index (κ1) is 18.8. The minimum Gasteiger partial charge on any atom is -0.462 e. The number of pyridine rings is 1. The van der Waals surface area contributed by atoms with E-state index >= 15 is 0 Å². The third kappa shape index (κ3) is 5.20. The lowest BCUT2D eigenvalue weighted by Crippen LogP contribution is -2.24. The highest BCUT2D eigenvalue weighted by Crippen LogP contribution is 2.37. The van der Waals surface area contributed by atoms with Crippen molar-refractivity contribution in [1.29, 1.82) is 0 Å². The smallest absolute Gasteiger partial charge is 0.395 e. The van der Waals surface area contributed by atoms with Crippen LogP contribution >= 0.6 is 0 Å². The summed E-state index contributed by atoms with van der Waals surface area (Å²) in [7, 11) is 0. The number of ether oxygens (including phenoxy) is 1. The highest BCUT2D eigenvalue weighted by Gasteiger charge is 2.40. The molecular weight excluding hydrogens is 333 g/mol. The van der Waals surface area contributed by atoms with E-state index in [0.29, 0.717) is 0 Å². The highest BCUT2D eigenvalue weighted by molar-refractivity contribution is 5.94. The molecule has 0 bridgehead atoms. The number of benzene rings is 1. The number of nitrogens with zero attached hydrogens (tertiary/aromatic N) is 1. The van der Waals surface area contributed by atoms with Gasteiger partial charge in [0.2, 0.25) is 0 Å². The van der Waals surface area contributed by atoms with E-state index in [2.05, 4.69) is 10.3 Å². The molecule has 4 nitrogen and oxygen atoms in total. The topological polar surface area (TPSA) is 51.2 Å². The van der Waals surface area contributed by atoms with Crippen molar-refractivity contribution in [1.82, 2.24) is 4.98 Å². The molecule has 0 aliphatic rings. The third-order valence-corrected chi connectivity index (χ3v) is 3.63. The normalized spacial score (nSPS) is 12.5. The molecule has 1 aromatic heterocycles. The zero-order valence-electron chi connectivity index (χ0n) is 13.7. The molecule has 0 saturated carbocycles. The van der Waals surface area contributed by atoms with Gasteiger partial charge in [-0.1, -0.05) is 30.3 Å². The van der Waals surface area contributed by atoms with Gasteiger partial charge in [-0.15, -0.1) is 0 Å². The Morgan fingerprint density at radius 1 is 1.20 bits per heavy atom. The second kappa shape index (κ2) is 8.50. The van der Waals surface area contributed by atoms with E-state index < -0.39 is 18.1 Å². The lowest BCUT2D eigenvalue weighted by molar-refractivity contribution is -0.151. The van der Waals surface area contributed by atoms with Crippen molar-refractivity contribution >= 4 is 11.8 Å². The first-order valence-electron chi connectivity index (χ1n) is 7.91. The van der Waals surface area contributed by atoms with Gasteiger partial charge in [0.25, 0.3) is 0 Å². The highest BCUT2D eigenvalue weighted by atomic mass is 19.4. The van der Waals surface area contributed by atoms with Crippen LogP contribution in [0.2, 0.25) is 0 Å². The third-order valence-electron chi connectivity index (χ3n) is 3.63. The van der Waals surface area contributed by atoms with E-state index in [1.54, 1.807) is 31.2 Å². The number of aromatic nitrogens is 1. The van der Waals surface area contributed by atoms with Crippen LogP contribution in [0.15, 0.2) is 48.7 Å². The first-order valence-corrected chi connectivity index (χ1v) is 7.91. The van der Waals surface area contributed by atoms with E-state index in [4.69, 9.17) is 4.74 Å². The van der Waals surface area contributed by atoms with E-state index in [-0.39, 0.29) is 36.5 Å². The van der Waals surface area contributed by atoms with E-state index in [1.807, 2.05) is 0 Å². The van der Waals surface area contributed by atoms with Crippen LogP contribution < -0.4 is 5.32 Å². The summed E-state index contributed by atoms with van der Waals surface area (Å²) in [5.74, 6) is -1.93. The fourth-order valence-electron chi connectivity index (χ4n) is 2.46. The molecule has 0 amide bonds. The number of hydrogen-bond donors (Lipinski definition) is 1. The predicted molar refractivity (Wildman–Crippen MR) is 88.5 cm³/mol. The van der Waals surface area contributed by atoms with Crippen molar-refractivity contribution in [2.75, 3.05) is 18.5 Å². The number of carbonyl (C=O) groups excluding carboxylic acids is 1. The molecule has 134 valence electrons. The Morgan fingerprint density at radius 3 is 2.56 bits per heavy atom. The number of rotatable bonds is 7. The molecule has 0 radical (unpaired) electrons. The maximum atomic E-state index is 13.3. The van der Waals surface area contributed by atoms with Gasteiger partial charge in [-0.05, 0) is 31.0 Å². The Morgan fingerprint density at radius 2 is 1.92 bits per heavy atom. The molecule has 2 aromatic rings. The number of carbonyl (C=O) groups is 1. The Balaban J connectivity index is 2.07. The van der Waals surface area contributed by atoms with Crippen LogP contribution in [0.3, 0.4) is 0 Å². The second-order valence-electron chi connectivity index (χ2n) is 5.34. The van der Waals surface area contributed by atoms with E-state index in [1.165, 1.54) is 24.4 Å². The van der Waals surface area contributed by atoms with Crippen LogP contribution in [0.25, 0.3) is 0 Å². The van der Waals surface area contributed by atoms with Crippen molar-refractivity contribution in [3.8, 4) is 0 Å².